The van der Waals surface area contributed by atoms with Crippen LogP contribution in [-0.2, 0) is 6.42 Å². The van der Waals surface area contributed by atoms with Crippen LogP contribution in [0.4, 0.5) is 0 Å². The van der Waals surface area contributed by atoms with E-state index in [9.17, 15) is 0 Å². The third-order valence-corrected chi connectivity index (χ3v) is 3.27. The molecule has 0 atom stereocenters. The Balaban J connectivity index is 2.14. The van der Waals surface area contributed by atoms with Crippen LogP contribution >= 0.6 is 0 Å². The van der Waals surface area contributed by atoms with E-state index in [1.54, 1.807) is 20.5 Å². The molecule has 4 nitrogen and oxygen atoms in total. The van der Waals surface area contributed by atoms with E-state index in [1.807, 2.05) is 24.3 Å². The second-order valence-electron chi connectivity index (χ2n) is 4.32. The first-order valence-corrected chi connectivity index (χ1v) is 6.17. The van der Waals surface area contributed by atoms with E-state index in [0.29, 0.717) is 5.75 Å². The molecular weight excluding hydrogens is 242 g/mol. The van der Waals surface area contributed by atoms with Gasteiger partial charge >= 0.3 is 0 Å². The van der Waals surface area contributed by atoms with Crippen molar-refractivity contribution in [3.8, 4) is 11.5 Å². The van der Waals surface area contributed by atoms with Crippen LogP contribution in [0.15, 0.2) is 39.9 Å². The van der Waals surface area contributed by atoms with Crippen LogP contribution in [0.25, 0.3) is 0 Å². The van der Waals surface area contributed by atoms with Gasteiger partial charge in [-0.25, -0.2) is 0 Å². The molecule has 0 spiro atoms. The number of hydrogen-bond acceptors (Lipinski definition) is 4. The van der Waals surface area contributed by atoms with Gasteiger partial charge in [-0.3, -0.25) is 4.99 Å². The Morgan fingerprint density at radius 1 is 1.16 bits per heavy atom. The number of furan rings is 1. The number of methoxy groups -OCH3 is 2. The van der Waals surface area contributed by atoms with Crippen LogP contribution in [0.5, 0.6) is 11.5 Å². The molecule has 98 valence electrons. The monoisotopic (exact) mass is 257 g/mol. The fraction of sp³-hybridized carbons (Fsp3) is 0.267. The fourth-order valence-corrected chi connectivity index (χ4v) is 2.35. The Morgan fingerprint density at radius 2 is 1.95 bits per heavy atom. The zero-order valence-corrected chi connectivity index (χ0v) is 11.0. The minimum absolute atomic E-state index is 0.711. The molecule has 0 saturated carbocycles. The first-order valence-electron chi connectivity index (χ1n) is 6.17. The summed E-state index contributed by atoms with van der Waals surface area (Å²) >= 11 is 0. The maximum absolute atomic E-state index is 5.46. The minimum atomic E-state index is 0.711. The lowest BCUT2D eigenvalue weighted by molar-refractivity contribution is 0.354. The number of fused-ring (bicyclic) bond motifs is 1. The standard InChI is InChI=1S/C15H15NO3/c1-17-13-8-10-5-6-16-15(12-4-3-7-19-12)11(10)9-14(13)18-2/h3-4,7-9H,5-6H2,1-2H3. The van der Waals surface area contributed by atoms with Crippen molar-refractivity contribution < 1.29 is 13.9 Å². The van der Waals surface area contributed by atoms with Crippen molar-refractivity contribution in [1.29, 1.82) is 0 Å². The van der Waals surface area contributed by atoms with Gasteiger partial charge in [0.15, 0.2) is 17.3 Å². The van der Waals surface area contributed by atoms with Crippen molar-refractivity contribution in [3.63, 3.8) is 0 Å². The average Bonchev–Trinajstić information content (AvgIpc) is 2.99. The second-order valence-corrected chi connectivity index (χ2v) is 4.32. The zero-order valence-electron chi connectivity index (χ0n) is 11.0. The topological polar surface area (TPSA) is 44.0 Å². The van der Waals surface area contributed by atoms with Gasteiger partial charge in [-0.1, -0.05) is 0 Å². The van der Waals surface area contributed by atoms with Gasteiger partial charge in [-0.2, -0.15) is 0 Å². The minimum Gasteiger partial charge on any atom is -0.493 e. The highest BCUT2D eigenvalue weighted by atomic mass is 16.5. The molecule has 1 aromatic heterocycles. The maximum atomic E-state index is 5.46. The lowest BCUT2D eigenvalue weighted by atomic mass is 9.95. The molecule has 0 N–H and O–H groups in total. The van der Waals surface area contributed by atoms with Crippen molar-refractivity contribution in [2.45, 2.75) is 6.42 Å². The summed E-state index contributed by atoms with van der Waals surface area (Å²) in [5.74, 6) is 2.25. The number of benzene rings is 1. The van der Waals surface area contributed by atoms with Gasteiger partial charge in [-0.15, -0.1) is 0 Å². The number of ether oxygens (including phenoxy) is 2. The third kappa shape index (κ3) is 1.99. The van der Waals surface area contributed by atoms with Crippen LogP contribution in [-0.4, -0.2) is 26.5 Å². The summed E-state index contributed by atoms with van der Waals surface area (Å²) in [6.07, 6.45) is 2.56. The highest BCUT2D eigenvalue weighted by molar-refractivity contribution is 6.13. The third-order valence-electron chi connectivity index (χ3n) is 3.27. The second kappa shape index (κ2) is 4.80. The van der Waals surface area contributed by atoms with Crippen molar-refractivity contribution in [1.82, 2.24) is 0 Å². The first-order chi connectivity index (χ1) is 9.33. The van der Waals surface area contributed by atoms with Gasteiger partial charge < -0.3 is 13.9 Å². The summed E-state index contributed by atoms with van der Waals surface area (Å²) in [7, 11) is 3.28. The summed E-state index contributed by atoms with van der Waals surface area (Å²) < 4.78 is 16.2. The van der Waals surface area contributed by atoms with E-state index in [4.69, 9.17) is 13.9 Å². The van der Waals surface area contributed by atoms with Gasteiger partial charge in [-0.05, 0) is 36.2 Å². The smallest absolute Gasteiger partial charge is 0.161 e. The molecule has 0 bridgehead atoms. The SMILES string of the molecule is COc1cc2c(cc1OC)C(c1ccco1)=NCC2. The molecule has 1 aromatic carbocycles. The maximum Gasteiger partial charge on any atom is 0.161 e. The summed E-state index contributed by atoms with van der Waals surface area (Å²) in [6.45, 7) is 0.762. The lowest BCUT2D eigenvalue weighted by Crippen LogP contribution is -2.14. The van der Waals surface area contributed by atoms with Crippen molar-refractivity contribution in [2.24, 2.45) is 4.99 Å². The summed E-state index contributed by atoms with van der Waals surface area (Å²) in [5.41, 5.74) is 3.14. The molecule has 19 heavy (non-hydrogen) atoms. The highest BCUT2D eigenvalue weighted by Crippen LogP contribution is 2.33. The zero-order chi connectivity index (χ0) is 13.2. The molecule has 0 amide bonds. The summed E-state index contributed by atoms with van der Waals surface area (Å²) in [5, 5.41) is 0. The van der Waals surface area contributed by atoms with Crippen LogP contribution in [0.1, 0.15) is 16.9 Å². The molecule has 2 heterocycles. The highest BCUT2D eigenvalue weighted by Gasteiger charge is 2.20. The van der Waals surface area contributed by atoms with E-state index < -0.39 is 0 Å². The van der Waals surface area contributed by atoms with Gasteiger partial charge in [0.05, 0.1) is 20.5 Å². The Bertz CT molecular complexity index is 615. The van der Waals surface area contributed by atoms with Gasteiger partial charge in [0, 0.05) is 12.1 Å². The Morgan fingerprint density at radius 3 is 2.63 bits per heavy atom. The van der Waals surface area contributed by atoms with E-state index in [0.717, 1.165) is 35.8 Å². The molecule has 0 fully saturated rings. The first kappa shape index (κ1) is 11.8. The molecule has 4 heteroatoms. The molecule has 1 aliphatic rings. The largest absolute Gasteiger partial charge is 0.493 e. The van der Waals surface area contributed by atoms with E-state index in [2.05, 4.69) is 4.99 Å². The van der Waals surface area contributed by atoms with Crippen molar-refractivity contribution in [3.05, 3.63) is 47.4 Å². The molecule has 2 aromatic rings. The summed E-state index contributed by atoms with van der Waals surface area (Å²) in [6, 6.07) is 7.78. The van der Waals surface area contributed by atoms with Crippen LogP contribution in [0, 0.1) is 0 Å². The van der Waals surface area contributed by atoms with Crippen LogP contribution in [0.2, 0.25) is 0 Å². The van der Waals surface area contributed by atoms with Crippen molar-refractivity contribution in [2.75, 3.05) is 20.8 Å². The molecule has 1 aliphatic heterocycles. The van der Waals surface area contributed by atoms with Crippen LogP contribution < -0.4 is 9.47 Å². The van der Waals surface area contributed by atoms with E-state index >= 15 is 0 Å². The lowest BCUT2D eigenvalue weighted by Gasteiger charge is -2.18. The normalized spacial score (nSPS) is 13.7. The number of nitrogens with zero attached hydrogens (tertiary/aromatic N) is 1. The van der Waals surface area contributed by atoms with Crippen molar-refractivity contribution >= 4 is 5.71 Å². The number of hydrogen-bond donors (Lipinski definition) is 0. The predicted molar refractivity (Wildman–Crippen MR) is 72.5 cm³/mol. The average molecular weight is 257 g/mol. The molecule has 0 saturated heterocycles. The summed E-state index contributed by atoms with van der Waals surface area (Å²) in [4.78, 5) is 4.57. The van der Waals surface area contributed by atoms with Crippen LogP contribution in [0.3, 0.4) is 0 Å². The molecule has 0 radical (unpaired) electrons. The fourth-order valence-electron chi connectivity index (χ4n) is 2.35. The Labute approximate surface area is 111 Å². The quantitative estimate of drug-likeness (QED) is 0.849. The Kier molecular flexibility index (Phi) is 2.99. The number of rotatable bonds is 3. The molecule has 0 unspecified atom stereocenters. The van der Waals surface area contributed by atoms with Gasteiger partial charge in [0.2, 0.25) is 0 Å². The molecule has 0 aliphatic carbocycles. The predicted octanol–water partition coefficient (Wildman–Crippen LogP) is 2.69. The molecular formula is C15H15NO3. The van der Waals surface area contributed by atoms with Gasteiger partial charge in [0.25, 0.3) is 0 Å². The number of aliphatic imine (C=N–C) groups is 1. The Hall–Kier alpha value is -2.23. The van der Waals surface area contributed by atoms with E-state index in [-0.39, 0.29) is 0 Å². The van der Waals surface area contributed by atoms with E-state index in [1.165, 1.54) is 5.56 Å². The molecule has 3 rings (SSSR count). The van der Waals surface area contributed by atoms with Gasteiger partial charge in [0.1, 0.15) is 5.71 Å².